The molecule has 2 heteroatoms. The van der Waals surface area contributed by atoms with Gasteiger partial charge in [-0.2, -0.15) is 0 Å². The number of hydrogen-bond donors (Lipinski definition) is 0. The Bertz CT molecular complexity index is 944. The smallest absolute Gasteiger partial charge is 0.150 e. The van der Waals surface area contributed by atoms with Crippen molar-refractivity contribution in [3.63, 3.8) is 0 Å². The number of ether oxygens (including phenoxy) is 1. The van der Waals surface area contributed by atoms with Gasteiger partial charge >= 0.3 is 0 Å². The van der Waals surface area contributed by atoms with Crippen molar-refractivity contribution in [1.82, 2.24) is 0 Å². The van der Waals surface area contributed by atoms with Gasteiger partial charge in [0.2, 0.25) is 0 Å². The zero-order valence-corrected chi connectivity index (χ0v) is 14.5. The molecule has 0 saturated carbocycles. The Morgan fingerprint density at radius 2 is 1.84 bits per heavy atom. The lowest BCUT2D eigenvalue weighted by atomic mass is 9.93. The molecule has 0 heterocycles. The third kappa shape index (κ3) is 3.56. The fraction of sp³-hybridized carbons (Fsp3) is 0.174. The summed E-state index contributed by atoms with van der Waals surface area (Å²) in [6, 6.07) is 18.1. The zero-order chi connectivity index (χ0) is 17.8. The molecule has 0 aromatic heterocycles. The first kappa shape index (κ1) is 16.8. The molecule has 0 radical (unpaired) electrons. The van der Waals surface area contributed by atoms with Crippen LogP contribution in [0.2, 0.25) is 0 Å². The molecule has 0 atom stereocenters. The molecule has 0 aliphatic rings. The molecule has 2 nitrogen and oxygen atoms in total. The highest BCUT2D eigenvalue weighted by molar-refractivity contribution is 6.01. The Morgan fingerprint density at radius 1 is 1.08 bits per heavy atom. The predicted molar refractivity (Wildman–Crippen MR) is 103 cm³/mol. The molecule has 0 bridgehead atoms. The van der Waals surface area contributed by atoms with E-state index in [4.69, 9.17) is 11.2 Å². The van der Waals surface area contributed by atoms with E-state index < -0.39 is 0 Å². The van der Waals surface area contributed by atoms with E-state index in [-0.39, 0.29) is 6.61 Å². The van der Waals surface area contributed by atoms with Crippen molar-refractivity contribution in [1.29, 1.82) is 0 Å². The van der Waals surface area contributed by atoms with Gasteiger partial charge in [0.15, 0.2) is 0 Å². The van der Waals surface area contributed by atoms with Crippen LogP contribution in [-0.2, 0) is 0 Å². The highest BCUT2D eigenvalue weighted by Gasteiger charge is 2.09. The van der Waals surface area contributed by atoms with Crippen LogP contribution in [0, 0.1) is 12.3 Å². The second kappa shape index (κ2) is 7.23. The standard InChI is InChI=1S/C23H20O2/c1-4-11-25-21-10-9-20-12-17(15-24)13-22(23(20)14-21)19-7-5-18(6-8-19)16(2)3/h1,5-10,12-16H,11H2,2-3H3. The Kier molecular flexibility index (Phi) is 4.86. The molecule has 25 heavy (non-hydrogen) atoms. The van der Waals surface area contributed by atoms with E-state index in [9.17, 15) is 4.79 Å². The fourth-order valence-corrected chi connectivity index (χ4v) is 2.93. The lowest BCUT2D eigenvalue weighted by molar-refractivity contribution is 0.112. The fourth-order valence-electron chi connectivity index (χ4n) is 2.93. The van der Waals surface area contributed by atoms with E-state index in [1.807, 2.05) is 30.3 Å². The van der Waals surface area contributed by atoms with Crippen LogP contribution in [-0.4, -0.2) is 12.9 Å². The zero-order valence-electron chi connectivity index (χ0n) is 14.5. The first-order chi connectivity index (χ1) is 12.1. The van der Waals surface area contributed by atoms with Crippen LogP contribution >= 0.6 is 0 Å². The molecule has 0 aliphatic carbocycles. The molecule has 3 rings (SSSR count). The van der Waals surface area contributed by atoms with Crippen LogP contribution in [0.15, 0.2) is 54.6 Å². The van der Waals surface area contributed by atoms with Crippen LogP contribution in [0.4, 0.5) is 0 Å². The van der Waals surface area contributed by atoms with Crippen molar-refractivity contribution in [2.24, 2.45) is 0 Å². The Labute approximate surface area is 148 Å². The van der Waals surface area contributed by atoms with E-state index in [1.54, 1.807) is 0 Å². The normalized spacial score (nSPS) is 10.6. The summed E-state index contributed by atoms with van der Waals surface area (Å²) in [5.41, 5.74) is 4.04. The molecule has 0 aliphatic heterocycles. The maximum atomic E-state index is 11.3. The van der Waals surface area contributed by atoms with Gasteiger partial charge in [-0.25, -0.2) is 0 Å². The third-order valence-electron chi connectivity index (χ3n) is 4.29. The highest BCUT2D eigenvalue weighted by Crippen LogP contribution is 2.33. The van der Waals surface area contributed by atoms with E-state index in [2.05, 4.69) is 44.0 Å². The minimum Gasteiger partial charge on any atom is -0.481 e. The largest absolute Gasteiger partial charge is 0.481 e. The summed E-state index contributed by atoms with van der Waals surface area (Å²) < 4.78 is 5.56. The lowest BCUT2D eigenvalue weighted by Gasteiger charge is -2.12. The van der Waals surface area contributed by atoms with E-state index in [0.717, 1.165) is 33.9 Å². The number of aldehydes is 1. The van der Waals surface area contributed by atoms with E-state index in [1.165, 1.54) is 5.56 Å². The maximum absolute atomic E-state index is 11.3. The van der Waals surface area contributed by atoms with E-state index >= 15 is 0 Å². The van der Waals surface area contributed by atoms with Crippen LogP contribution < -0.4 is 4.74 Å². The number of hydrogen-bond acceptors (Lipinski definition) is 2. The van der Waals surface area contributed by atoms with Gasteiger partial charge in [-0.1, -0.05) is 50.1 Å². The van der Waals surface area contributed by atoms with Crippen molar-refractivity contribution in [3.05, 3.63) is 65.7 Å². The summed E-state index contributed by atoms with van der Waals surface area (Å²) in [7, 11) is 0. The SMILES string of the molecule is C#CCOc1ccc2cc(C=O)cc(-c3ccc(C(C)C)cc3)c2c1. The molecule has 0 N–H and O–H groups in total. The minimum absolute atomic E-state index is 0.232. The first-order valence-corrected chi connectivity index (χ1v) is 8.32. The van der Waals surface area contributed by atoms with Crippen LogP contribution in [0.5, 0.6) is 5.75 Å². The molecule has 124 valence electrons. The van der Waals surface area contributed by atoms with Gasteiger partial charge in [0.25, 0.3) is 0 Å². The summed E-state index contributed by atoms with van der Waals surface area (Å²) in [6.45, 7) is 4.58. The van der Waals surface area contributed by atoms with Crippen molar-refractivity contribution in [3.8, 4) is 29.2 Å². The summed E-state index contributed by atoms with van der Waals surface area (Å²) in [5.74, 6) is 3.69. The second-order valence-corrected chi connectivity index (χ2v) is 6.34. The molecule has 0 unspecified atom stereocenters. The van der Waals surface area contributed by atoms with E-state index in [0.29, 0.717) is 11.5 Å². The van der Waals surface area contributed by atoms with Crippen molar-refractivity contribution in [2.75, 3.05) is 6.61 Å². The Morgan fingerprint density at radius 3 is 2.48 bits per heavy atom. The minimum atomic E-state index is 0.232. The van der Waals surface area contributed by atoms with Crippen LogP contribution in [0.25, 0.3) is 21.9 Å². The first-order valence-electron chi connectivity index (χ1n) is 8.32. The van der Waals surface area contributed by atoms with Crippen molar-refractivity contribution < 1.29 is 9.53 Å². The van der Waals surface area contributed by atoms with Gasteiger partial charge in [-0.3, -0.25) is 4.79 Å². The van der Waals surface area contributed by atoms with Crippen LogP contribution in [0.3, 0.4) is 0 Å². The molecular formula is C23H20O2. The lowest BCUT2D eigenvalue weighted by Crippen LogP contribution is -1.94. The summed E-state index contributed by atoms with van der Waals surface area (Å²) >= 11 is 0. The Balaban J connectivity index is 2.16. The molecule has 0 amide bonds. The highest BCUT2D eigenvalue weighted by atomic mass is 16.5. The number of fused-ring (bicyclic) bond motifs is 1. The quantitative estimate of drug-likeness (QED) is 0.459. The molecule has 3 aromatic carbocycles. The molecule has 0 spiro atoms. The average Bonchev–Trinajstić information content (AvgIpc) is 2.65. The molecular weight excluding hydrogens is 308 g/mol. The maximum Gasteiger partial charge on any atom is 0.150 e. The van der Waals surface area contributed by atoms with Crippen molar-refractivity contribution in [2.45, 2.75) is 19.8 Å². The molecule has 0 saturated heterocycles. The van der Waals surface area contributed by atoms with Gasteiger partial charge < -0.3 is 4.74 Å². The second-order valence-electron chi connectivity index (χ2n) is 6.34. The Hall–Kier alpha value is -3.05. The number of carbonyl (C=O) groups is 1. The molecule has 3 aromatic rings. The number of benzene rings is 3. The monoisotopic (exact) mass is 328 g/mol. The topological polar surface area (TPSA) is 26.3 Å². The number of terminal acetylenes is 1. The summed E-state index contributed by atoms with van der Waals surface area (Å²) in [5, 5.41) is 2.04. The van der Waals surface area contributed by atoms with Gasteiger partial charge in [0.05, 0.1) is 0 Å². The van der Waals surface area contributed by atoms with Gasteiger partial charge in [-0.05, 0) is 57.6 Å². The third-order valence-corrected chi connectivity index (χ3v) is 4.29. The van der Waals surface area contributed by atoms with Gasteiger partial charge in [-0.15, -0.1) is 6.42 Å². The summed E-state index contributed by atoms with van der Waals surface area (Å²) in [4.78, 5) is 11.3. The van der Waals surface area contributed by atoms with Crippen LogP contribution in [0.1, 0.15) is 35.7 Å². The number of carbonyl (C=O) groups excluding carboxylic acids is 1. The van der Waals surface area contributed by atoms with Gasteiger partial charge in [0, 0.05) is 5.56 Å². The average molecular weight is 328 g/mol. The van der Waals surface area contributed by atoms with Crippen molar-refractivity contribution >= 4 is 17.1 Å². The number of rotatable bonds is 5. The van der Waals surface area contributed by atoms with Gasteiger partial charge in [0.1, 0.15) is 18.6 Å². The molecule has 0 fully saturated rings. The summed E-state index contributed by atoms with van der Waals surface area (Å²) in [6.07, 6.45) is 6.16. The predicted octanol–water partition coefficient (Wildman–Crippen LogP) is 5.45.